The van der Waals surface area contributed by atoms with Gasteiger partial charge in [-0.25, -0.2) is 13.5 Å². The number of halogens is 2. The second-order valence-corrected chi connectivity index (χ2v) is 8.46. The van der Waals surface area contributed by atoms with Crippen molar-refractivity contribution in [3.05, 3.63) is 46.8 Å². The number of carbonyl (C=O) groups excluding carboxylic acids is 1. The predicted octanol–water partition coefficient (Wildman–Crippen LogP) is 4.02. The first-order chi connectivity index (χ1) is 13.9. The van der Waals surface area contributed by atoms with Crippen LogP contribution in [-0.2, 0) is 17.7 Å². The molecule has 0 unspecified atom stereocenters. The van der Waals surface area contributed by atoms with E-state index in [4.69, 9.17) is 4.74 Å². The Labute approximate surface area is 172 Å². The molecule has 156 valence electrons. The van der Waals surface area contributed by atoms with Gasteiger partial charge in [-0.3, -0.25) is 4.79 Å². The Morgan fingerprint density at radius 2 is 2.03 bits per heavy atom. The Kier molecular flexibility index (Phi) is 5.54. The summed E-state index contributed by atoms with van der Waals surface area (Å²) < 4.78 is 40.7. The molecule has 1 saturated heterocycles. The number of hydrogen-bond acceptors (Lipinski definition) is 5. The van der Waals surface area contributed by atoms with Crippen LogP contribution in [0.15, 0.2) is 18.2 Å². The Morgan fingerprint density at radius 1 is 1.24 bits per heavy atom. The number of benzene rings is 1. The molecule has 0 radical (unpaired) electrons. The van der Waals surface area contributed by atoms with Crippen molar-refractivity contribution in [1.82, 2.24) is 9.29 Å². The van der Waals surface area contributed by atoms with Crippen LogP contribution in [0.1, 0.15) is 41.5 Å². The van der Waals surface area contributed by atoms with E-state index < -0.39 is 11.6 Å². The van der Waals surface area contributed by atoms with E-state index in [-0.39, 0.29) is 17.1 Å². The third-order valence-electron chi connectivity index (χ3n) is 5.34. The number of hydrogen-bond donors (Lipinski definition) is 3. The highest BCUT2D eigenvalue weighted by Gasteiger charge is 2.33. The van der Waals surface area contributed by atoms with Gasteiger partial charge in [0, 0.05) is 41.7 Å². The monoisotopic (exact) mass is 422 g/mol. The smallest absolute Gasteiger partial charge is 0.272 e. The summed E-state index contributed by atoms with van der Waals surface area (Å²) in [5, 5.41) is 2.70. The minimum absolute atomic E-state index is 0.0573. The van der Waals surface area contributed by atoms with Gasteiger partial charge in [0.1, 0.15) is 5.69 Å². The van der Waals surface area contributed by atoms with Crippen molar-refractivity contribution in [2.75, 3.05) is 23.3 Å². The molecule has 0 spiro atoms. The highest BCUT2D eigenvalue weighted by Crippen LogP contribution is 2.34. The van der Waals surface area contributed by atoms with Crippen molar-refractivity contribution in [3.8, 4) is 0 Å². The number of carbonyl (C=O) groups is 1. The molecule has 1 aromatic heterocycles. The lowest BCUT2D eigenvalue weighted by Gasteiger charge is -2.38. The molecular weight excluding hydrogens is 398 g/mol. The summed E-state index contributed by atoms with van der Waals surface area (Å²) >= 11 is 1.39. The fraction of sp³-hybridized carbons (Fsp3) is 0.450. The van der Waals surface area contributed by atoms with E-state index in [2.05, 4.69) is 21.7 Å². The second-order valence-electron chi connectivity index (χ2n) is 7.85. The normalized spacial score (nSPS) is 17.4. The average Bonchev–Trinajstić information content (AvgIpc) is 2.95. The number of aromatic nitrogens is 1. The zero-order valence-electron chi connectivity index (χ0n) is 16.4. The Bertz CT molecular complexity index is 943. The summed E-state index contributed by atoms with van der Waals surface area (Å²) in [6.45, 7) is 6.07. The van der Waals surface area contributed by atoms with Gasteiger partial charge in [-0.05, 0) is 45.2 Å². The zero-order valence-corrected chi connectivity index (χ0v) is 17.2. The number of amides is 1. The van der Waals surface area contributed by atoms with Crippen LogP contribution < -0.4 is 14.8 Å². The molecule has 9 heteroatoms. The summed E-state index contributed by atoms with van der Waals surface area (Å²) in [6.07, 6.45) is 2.93. The van der Waals surface area contributed by atoms with Crippen molar-refractivity contribution in [2.45, 2.75) is 45.2 Å². The highest BCUT2D eigenvalue weighted by molar-refractivity contribution is 7.98. The summed E-state index contributed by atoms with van der Waals surface area (Å²) in [5.41, 5.74) is 3.58. The maximum absolute atomic E-state index is 13.5. The first-order valence-electron chi connectivity index (χ1n) is 9.63. The van der Waals surface area contributed by atoms with Crippen LogP contribution in [-0.4, -0.2) is 29.2 Å². The molecule has 0 aliphatic carbocycles. The number of fused-ring (bicyclic) bond motifs is 1. The van der Waals surface area contributed by atoms with Crippen LogP contribution in [0.25, 0.3) is 0 Å². The molecule has 6 nitrogen and oxygen atoms in total. The van der Waals surface area contributed by atoms with Crippen molar-refractivity contribution in [2.24, 2.45) is 0 Å². The summed E-state index contributed by atoms with van der Waals surface area (Å²) in [6, 6.07) is 3.35. The molecule has 0 atom stereocenters. The average molecular weight is 423 g/mol. The van der Waals surface area contributed by atoms with Crippen molar-refractivity contribution >= 4 is 29.4 Å². The Hall–Kier alpha value is -2.10. The van der Waals surface area contributed by atoms with Crippen LogP contribution in [0.5, 0.6) is 0 Å². The second kappa shape index (κ2) is 7.97. The molecule has 2 aliphatic rings. The summed E-state index contributed by atoms with van der Waals surface area (Å²) in [7, 11) is 0. The van der Waals surface area contributed by atoms with E-state index in [1.807, 2.05) is 11.5 Å². The molecule has 29 heavy (non-hydrogen) atoms. The van der Waals surface area contributed by atoms with Gasteiger partial charge in [0.2, 0.25) is 0 Å². The lowest BCUT2D eigenvalue weighted by atomic mass is 10.0. The van der Waals surface area contributed by atoms with Gasteiger partial charge in [-0.15, -0.1) is 0 Å². The lowest BCUT2D eigenvalue weighted by Crippen LogP contribution is -2.55. The van der Waals surface area contributed by atoms with Crippen LogP contribution in [0.2, 0.25) is 0 Å². The van der Waals surface area contributed by atoms with Gasteiger partial charge >= 0.3 is 0 Å². The fourth-order valence-corrected chi connectivity index (χ4v) is 4.52. The first-order valence-corrected chi connectivity index (χ1v) is 10.4. The number of nitrogens with one attached hydrogen (secondary N) is 3. The van der Waals surface area contributed by atoms with Crippen molar-refractivity contribution < 1.29 is 18.3 Å². The van der Waals surface area contributed by atoms with Crippen LogP contribution in [0.3, 0.4) is 0 Å². The van der Waals surface area contributed by atoms with Crippen molar-refractivity contribution in [1.29, 1.82) is 0 Å². The number of nitrogens with zero attached hydrogens (tertiary/aromatic N) is 1. The molecule has 3 heterocycles. The maximum Gasteiger partial charge on any atom is 0.272 e. The fourth-order valence-electron chi connectivity index (χ4n) is 3.74. The number of anilines is 2. The molecular formula is C20H24F2N4O2S. The standard InChI is InChI=1S/C20H24F2N4O2S/c1-12-17(24-29-25-20(2)10-28-11-20)16-5-3-4-8-26(16)18(12)19(27)23-13-6-7-14(21)15(22)9-13/h6-7,9,24-25H,3-5,8,10-11H2,1-2H3,(H,23,27). The Morgan fingerprint density at radius 3 is 2.72 bits per heavy atom. The summed E-state index contributed by atoms with van der Waals surface area (Å²) in [5.74, 6) is -2.27. The van der Waals surface area contributed by atoms with E-state index in [1.165, 1.54) is 18.2 Å². The van der Waals surface area contributed by atoms with E-state index >= 15 is 0 Å². The van der Waals surface area contributed by atoms with E-state index in [0.29, 0.717) is 18.9 Å². The van der Waals surface area contributed by atoms with Gasteiger partial charge in [0.05, 0.1) is 24.4 Å². The van der Waals surface area contributed by atoms with E-state index in [1.54, 1.807) is 0 Å². The van der Waals surface area contributed by atoms with Gasteiger partial charge in [0.15, 0.2) is 11.6 Å². The number of rotatable bonds is 6. The third-order valence-corrected chi connectivity index (χ3v) is 6.25. The van der Waals surface area contributed by atoms with Gasteiger partial charge in [0.25, 0.3) is 5.91 Å². The molecule has 2 aromatic rings. The third kappa shape index (κ3) is 3.99. The van der Waals surface area contributed by atoms with Gasteiger partial charge in [-0.1, -0.05) is 0 Å². The number of ether oxygens (including phenoxy) is 1. The minimum atomic E-state index is -0.991. The van der Waals surface area contributed by atoms with Gasteiger partial charge in [-0.2, -0.15) is 0 Å². The molecule has 1 amide bonds. The molecule has 1 fully saturated rings. The summed E-state index contributed by atoms with van der Waals surface area (Å²) in [4.78, 5) is 13.0. The molecule has 0 bridgehead atoms. The topological polar surface area (TPSA) is 67.3 Å². The maximum atomic E-state index is 13.5. The minimum Gasteiger partial charge on any atom is -0.377 e. The van der Waals surface area contributed by atoms with Crippen molar-refractivity contribution in [3.63, 3.8) is 0 Å². The quantitative estimate of drug-likeness (QED) is 0.614. The van der Waals surface area contributed by atoms with Crippen LogP contribution in [0.4, 0.5) is 20.2 Å². The Balaban J connectivity index is 1.56. The van der Waals surface area contributed by atoms with E-state index in [9.17, 15) is 13.6 Å². The lowest BCUT2D eigenvalue weighted by molar-refractivity contribution is -0.0509. The molecule has 2 aliphatic heterocycles. The molecule has 4 rings (SSSR count). The molecule has 3 N–H and O–H groups in total. The molecule has 0 saturated carbocycles. The molecule has 1 aromatic carbocycles. The zero-order chi connectivity index (χ0) is 20.6. The van der Waals surface area contributed by atoms with E-state index in [0.717, 1.165) is 54.9 Å². The van der Waals surface area contributed by atoms with Crippen LogP contribution in [0, 0.1) is 18.6 Å². The largest absolute Gasteiger partial charge is 0.377 e. The first kappa shape index (κ1) is 20.2. The SMILES string of the molecule is Cc1c(NSNC2(C)COC2)c2n(c1C(=O)Nc1ccc(F)c(F)c1)CCCC2. The van der Waals surface area contributed by atoms with Crippen LogP contribution >= 0.6 is 12.1 Å². The van der Waals surface area contributed by atoms with Gasteiger partial charge < -0.3 is 19.3 Å². The highest BCUT2D eigenvalue weighted by atomic mass is 32.2. The predicted molar refractivity (Wildman–Crippen MR) is 110 cm³/mol.